The monoisotopic (exact) mass is 338 g/mol. The average molecular weight is 338 g/mol. The minimum absolute atomic E-state index is 0.442. The zero-order chi connectivity index (χ0) is 16.8. The molecule has 2 saturated heterocycles. The number of ether oxygens (including phenoxy) is 1. The van der Waals surface area contributed by atoms with Crippen molar-refractivity contribution in [2.45, 2.75) is 50.6 Å². The Hall–Kier alpha value is -1.64. The molecular weight excluding hydrogens is 312 g/mol. The van der Waals surface area contributed by atoms with Crippen LogP contribution in [0.15, 0.2) is 6.07 Å². The van der Waals surface area contributed by atoms with Crippen molar-refractivity contribution in [3.05, 3.63) is 22.9 Å². The maximum absolute atomic E-state index is 9.65. The number of aryl methyl sites for hydroxylation is 2. The molecule has 0 unspecified atom stereocenters. The van der Waals surface area contributed by atoms with Gasteiger partial charge in [0.15, 0.2) is 0 Å². The Bertz CT molecular complexity index is 708. The van der Waals surface area contributed by atoms with E-state index in [0.29, 0.717) is 12.1 Å². The van der Waals surface area contributed by atoms with Crippen LogP contribution in [0, 0.1) is 17.2 Å². The van der Waals surface area contributed by atoms with Crippen molar-refractivity contribution in [3.8, 4) is 6.07 Å². The van der Waals surface area contributed by atoms with Gasteiger partial charge in [0, 0.05) is 31.4 Å². The van der Waals surface area contributed by atoms with Crippen LogP contribution in [0.3, 0.4) is 0 Å². The highest BCUT2D eigenvalue weighted by Gasteiger charge is 2.43. The molecule has 5 nitrogen and oxygen atoms in total. The Morgan fingerprint density at radius 2 is 2.04 bits per heavy atom. The smallest absolute Gasteiger partial charge is 0.146 e. The SMILES string of the molecule is N#Cc1cc2c(nc1N1CCN3[C@@H](COC[C@@H]3C3CC3)C1)CCCC2. The van der Waals surface area contributed by atoms with E-state index in [9.17, 15) is 5.26 Å². The number of hydrogen-bond donors (Lipinski definition) is 0. The van der Waals surface area contributed by atoms with Gasteiger partial charge in [0.25, 0.3) is 0 Å². The minimum atomic E-state index is 0.442. The van der Waals surface area contributed by atoms with E-state index in [1.165, 1.54) is 36.9 Å². The molecule has 25 heavy (non-hydrogen) atoms. The van der Waals surface area contributed by atoms with Gasteiger partial charge >= 0.3 is 0 Å². The van der Waals surface area contributed by atoms with Crippen molar-refractivity contribution < 1.29 is 4.74 Å². The number of nitriles is 1. The van der Waals surface area contributed by atoms with Crippen molar-refractivity contribution in [3.63, 3.8) is 0 Å². The Kier molecular flexibility index (Phi) is 3.91. The second kappa shape index (κ2) is 6.26. The molecule has 5 rings (SSSR count). The third kappa shape index (κ3) is 2.82. The van der Waals surface area contributed by atoms with Crippen molar-refractivity contribution in [1.29, 1.82) is 5.26 Å². The summed E-state index contributed by atoms with van der Waals surface area (Å²) in [6.45, 7) is 4.69. The van der Waals surface area contributed by atoms with Crippen LogP contribution < -0.4 is 4.90 Å². The lowest BCUT2D eigenvalue weighted by Crippen LogP contribution is -2.62. The summed E-state index contributed by atoms with van der Waals surface area (Å²) in [5.74, 6) is 1.77. The Morgan fingerprint density at radius 1 is 1.16 bits per heavy atom. The summed E-state index contributed by atoms with van der Waals surface area (Å²) in [5.41, 5.74) is 3.27. The summed E-state index contributed by atoms with van der Waals surface area (Å²) < 4.78 is 5.93. The van der Waals surface area contributed by atoms with Gasteiger partial charge in [-0.2, -0.15) is 5.26 Å². The molecule has 0 N–H and O–H groups in total. The number of nitrogens with zero attached hydrogens (tertiary/aromatic N) is 4. The second-order valence-corrected chi connectivity index (χ2v) is 8.06. The molecular formula is C20H26N4O. The van der Waals surface area contributed by atoms with Gasteiger partial charge in [-0.25, -0.2) is 4.98 Å². The van der Waals surface area contributed by atoms with Crippen molar-refractivity contribution in [2.75, 3.05) is 37.7 Å². The molecule has 132 valence electrons. The molecule has 2 aliphatic heterocycles. The molecule has 3 fully saturated rings. The molecule has 0 aromatic carbocycles. The highest BCUT2D eigenvalue weighted by atomic mass is 16.5. The first-order valence-electron chi connectivity index (χ1n) is 9.85. The third-order valence-corrected chi connectivity index (χ3v) is 6.42. The van der Waals surface area contributed by atoms with Gasteiger partial charge in [0.2, 0.25) is 0 Å². The van der Waals surface area contributed by atoms with Crippen LogP contribution in [0.4, 0.5) is 5.82 Å². The Balaban J connectivity index is 1.40. The maximum atomic E-state index is 9.65. The fraction of sp³-hybridized carbons (Fsp3) is 0.700. The fourth-order valence-electron chi connectivity index (χ4n) is 4.90. The lowest BCUT2D eigenvalue weighted by Gasteiger charge is -2.48. The summed E-state index contributed by atoms with van der Waals surface area (Å²) in [6, 6.07) is 5.57. The first-order valence-corrected chi connectivity index (χ1v) is 9.85. The Morgan fingerprint density at radius 3 is 2.88 bits per heavy atom. The van der Waals surface area contributed by atoms with E-state index < -0.39 is 0 Å². The summed E-state index contributed by atoms with van der Waals surface area (Å²) in [4.78, 5) is 9.98. The van der Waals surface area contributed by atoms with Gasteiger partial charge in [0.05, 0.1) is 24.8 Å². The van der Waals surface area contributed by atoms with Gasteiger partial charge in [-0.1, -0.05) is 0 Å². The van der Waals surface area contributed by atoms with Crippen LogP contribution in [-0.4, -0.2) is 54.8 Å². The molecule has 0 bridgehead atoms. The number of hydrogen-bond acceptors (Lipinski definition) is 5. The molecule has 1 aromatic heterocycles. The molecule has 1 saturated carbocycles. The first kappa shape index (κ1) is 15.6. The van der Waals surface area contributed by atoms with Gasteiger partial charge in [-0.05, 0) is 56.1 Å². The molecule has 3 heterocycles. The number of piperazine rings is 1. The zero-order valence-corrected chi connectivity index (χ0v) is 14.8. The fourth-order valence-corrected chi connectivity index (χ4v) is 4.90. The van der Waals surface area contributed by atoms with Crippen LogP contribution in [0.2, 0.25) is 0 Å². The number of rotatable bonds is 2. The predicted molar refractivity (Wildman–Crippen MR) is 95.6 cm³/mol. The van der Waals surface area contributed by atoms with E-state index in [-0.39, 0.29) is 0 Å². The highest BCUT2D eigenvalue weighted by Crippen LogP contribution is 2.39. The summed E-state index contributed by atoms with van der Waals surface area (Å²) in [6.07, 6.45) is 7.31. The van der Waals surface area contributed by atoms with Gasteiger partial charge in [0.1, 0.15) is 11.9 Å². The average Bonchev–Trinajstić information content (AvgIpc) is 3.51. The van der Waals surface area contributed by atoms with Crippen LogP contribution in [-0.2, 0) is 17.6 Å². The zero-order valence-electron chi connectivity index (χ0n) is 14.8. The summed E-state index contributed by atoms with van der Waals surface area (Å²) in [7, 11) is 0. The lowest BCUT2D eigenvalue weighted by atomic mass is 9.94. The Labute approximate surface area is 149 Å². The molecule has 2 atom stereocenters. The van der Waals surface area contributed by atoms with E-state index in [2.05, 4.69) is 21.9 Å². The summed E-state index contributed by atoms with van der Waals surface area (Å²) in [5, 5.41) is 9.65. The molecule has 2 aliphatic carbocycles. The van der Waals surface area contributed by atoms with E-state index in [1.54, 1.807) is 0 Å². The third-order valence-electron chi connectivity index (χ3n) is 6.42. The van der Waals surface area contributed by atoms with Crippen molar-refractivity contribution >= 4 is 5.82 Å². The molecule has 1 aromatic rings. The van der Waals surface area contributed by atoms with Crippen molar-refractivity contribution in [2.24, 2.45) is 5.92 Å². The van der Waals surface area contributed by atoms with Crippen LogP contribution >= 0.6 is 0 Å². The van der Waals surface area contributed by atoms with E-state index >= 15 is 0 Å². The van der Waals surface area contributed by atoms with Crippen molar-refractivity contribution in [1.82, 2.24) is 9.88 Å². The maximum Gasteiger partial charge on any atom is 0.146 e. The van der Waals surface area contributed by atoms with E-state index in [4.69, 9.17) is 9.72 Å². The number of aromatic nitrogens is 1. The van der Waals surface area contributed by atoms with E-state index in [0.717, 1.165) is 63.0 Å². The van der Waals surface area contributed by atoms with Crippen LogP contribution in [0.5, 0.6) is 0 Å². The first-order chi connectivity index (χ1) is 12.3. The topological polar surface area (TPSA) is 52.4 Å². The minimum Gasteiger partial charge on any atom is -0.378 e. The largest absolute Gasteiger partial charge is 0.378 e. The quantitative estimate of drug-likeness (QED) is 0.827. The molecule has 5 heteroatoms. The number of fused-ring (bicyclic) bond motifs is 2. The second-order valence-electron chi connectivity index (χ2n) is 8.06. The van der Waals surface area contributed by atoms with Gasteiger partial charge in [-0.15, -0.1) is 0 Å². The highest BCUT2D eigenvalue weighted by molar-refractivity contribution is 5.57. The standard InChI is InChI=1S/C20H26N4O/c21-10-16-9-15-3-1-2-4-18(15)22-20(16)23-7-8-24-17(11-23)12-25-13-19(24)14-5-6-14/h9,14,17,19H,1-8,11-13H2/t17-,19-/m1/s1. The number of anilines is 1. The van der Waals surface area contributed by atoms with Gasteiger partial charge < -0.3 is 9.64 Å². The van der Waals surface area contributed by atoms with E-state index in [1.807, 2.05) is 0 Å². The van der Waals surface area contributed by atoms with Crippen LogP contribution in [0.1, 0.15) is 42.5 Å². The lowest BCUT2D eigenvalue weighted by molar-refractivity contribution is -0.0603. The molecule has 0 amide bonds. The van der Waals surface area contributed by atoms with Crippen LogP contribution in [0.25, 0.3) is 0 Å². The molecule has 0 spiro atoms. The normalized spacial score (nSPS) is 29.6. The molecule has 0 radical (unpaired) electrons. The molecule has 4 aliphatic rings. The summed E-state index contributed by atoms with van der Waals surface area (Å²) >= 11 is 0. The number of pyridine rings is 1. The van der Waals surface area contributed by atoms with Gasteiger partial charge in [-0.3, -0.25) is 4.90 Å². The predicted octanol–water partition coefficient (Wildman–Crippen LogP) is 2.13. The number of morpholine rings is 1.